The van der Waals surface area contributed by atoms with Gasteiger partial charge in [0.2, 0.25) is 5.91 Å². The molecule has 0 fully saturated rings. The number of alkyl carbamates (subject to hydrolysis) is 1. The zero-order valence-corrected chi connectivity index (χ0v) is 16.9. The van der Waals surface area contributed by atoms with Gasteiger partial charge in [0.1, 0.15) is 11.6 Å². The largest absolute Gasteiger partial charge is 0.476 e. The maximum absolute atomic E-state index is 12.8. The van der Waals surface area contributed by atoms with Crippen molar-refractivity contribution in [3.8, 4) is 0 Å². The van der Waals surface area contributed by atoms with E-state index in [1.165, 1.54) is 5.38 Å². The van der Waals surface area contributed by atoms with Crippen LogP contribution in [0, 0.1) is 0 Å². The van der Waals surface area contributed by atoms with E-state index in [2.05, 4.69) is 15.6 Å². The van der Waals surface area contributed by atoms with Crippen molar-refractivity contribution in [1.29, 1.82) is 0 Å². The molecular weight excluding hydrogens is 382 g/mol. The number of carbonyl (C=O) groups excluding carboxylic acids is 2. The Labute approximate surface area is 166 Å². The molecule has 3 N–H and O–H groups in total. The third-order valence-corrected chi connectivity index (χ3v) is 4.49. The summed E-state index contributed by atoms with van der Waals surface area (Å²) < 4.78 is 5.27. The van der Waals surface area contributed by atoms with Crippen LogP contribution < -0.4 is 10.6 Å². The average Bonchev–Trinajstić information content (AvgIpc) is 3.07. The number of nitrogens with zero attached hydrogens (tertiary/aromatic N) is 1. The Balaban J connectivity index is 2.21. The summed E-state index contributed by atoms with van der Waals surface area (Å²) in [5.74, 6) is -2.07. The molecule has 8 nitrogen and oxygen atoms in total. The lowest BCUT2D eigenvalue weighted by Gasteiger charge is -2.26. The lowest BCUT2D eigenvalue weighted by molar-refractivity contribution is -0.118. The molecule has 2 aromatic rings. The molecule has 0 aliphatic carbocycles. The number of hydrogen-bond acceptors (Lipinski definition) is 6. The fourth-order valence-corrected chi connectivity index (χ4v) is 3.10. The number of aromatic carboxylic acids is 1. The molecule has 28 heavy (non-hydrogen) atoms. The molecule has 150 valence electrons. The van der Waals surface area contributed by atoms with Gasteiger partial charge < -0.3 is 20.5 Å². The van der Waals surface area contributed by atoms with Crippen LogP contribution in [0.15, 0.2) is 35.7 Å². The average molecular weight is 405 g/mol. The topological polar surface area (TPSA) is 118 Å². The van der Waals surface area contributed by atoms with E-state index in [4.69, 9.17) is 9.84 Å². The number of anilines is 1. The number of carbonyl (C=O) groups is 3. The minimum atomic E-state index is -1.18. The van der Waals surface area contributed by atoms with Crippen molar-refractivity contribution in [2.24, 2.45) is 0 Å². The van der Waals surface area contributed by atoms with E-state index in [0.717, 1.165) is 16.9 Å². The Morgan fingerprint density at radius 3 is 2.36 bits per heavy atom. The standard InChI is InChI=1S/C19H23N3O5S/c1-11(12-8-6-5-7-9-12)14(21-18(26)27-19(2,3)4)15(23)22-17-20-13(10-28-17)16(24)25/h5-11,14H,1-4H3,(H,21,26)(H,24,25)(H,20,22,23)/t11-,14-/m0/s1. The van der Waals surface area contributed by atoms with Gasteiger partial charge in [0, 0.05) is 11.3 Å². The van der Waals surface area contributed by atoms with Gasteiger partial charge in [-0.05, 0) is 26.3 Å². The van der Waals surface area contributed by atoms with E-state index in [1.54, 1.807) is 20.8 Å². The molecule has 2 atom stereocenters. The van der Waals surface area contributed by atoms with Crippen LogP contribution in [0.1, 0.15) is 49.7 Å². The Morgan fingerprint density at radius 2 is 1.82 bits per heavy atom. The molecule has 2 rings (SSSR count). The van der Waals surface area contributed by atoms with E-state index in [1.807, 2.05) is 37.3 Å². The van der Waals surface area contributed by atoms with Crippen LogP contribution in [0.25, 0.3) is 0 Å². The van der Waals surface area contributed by atoms with Gasteiger partial charge >= 0.3 is 12.1 Å². The molecule has 2 amide bonds. The van der Waals surface area contributed by atoms with Crippen molar-refractivity contribution in [1.82, 2.24) is 10.3 Å². The van der Waals surface area contributed by atoms with Crippen molar-refractivity contribution < 1.29 is 24.2 Å². The van der Waals surface area contributed by atoms with Crippen LogP contribution >= 0.6 is 11.3 Å². The fraction of sp³-hybridized carbons (Fsp3) is 0.368. The van der Waals surface area contributed by atoms with Crippen molar-refractivity contribution in [3.63, 3.8) is 0 Å². The quantitative estimate of drug-likeness (QED) is 0.677. The number of benzene rings is 1. The Kier molecular flexibility index (Phi) is 6.74. The Hall–Kier alpha value is -2.94. The van der Waals surface area contributed by atoms with E-state index >= 15 is 0 Å². The van der Waals surface area contributed by atoms with Gasteiger partial charge in [0.25, 0.3) is 0 Å². The number of rotatable bonds is 6. The maximum atomic E-state index is 12.8. The first-order valence-electron chi connectivity index (χ1n) is 8.61. The van der Waals surface area contributed by atoms with Gasteiger partial charge in [-0.25, -0.2) is 14.6 Å². The first-order chi connectivity index (χ1) is 13.1. The van der Waals surface area contributed by atoms with Gasteiger partial charge in [-0.15, -0.1) is 11.3 Å². The molecule has 0 bridgehead atoms. The molecule has 0 spiro atoms. The Bertz CT molecular complexity index is 845. The molecule has 9 heteroatoms. The van der Waals surface area contributed by atoms with Crippen LogP contribution in [0.3, 0.4) is 0 Å². The fourth-order valence-electron chi connectivity index (χ4n) is 2.41. The zero-order valence-electron chi connectivity index (χ0n) is 16.1. The molecule has 0 aliphatic rings. The summed E-state index contributed by atoms with van der Waals surface area (Å²) in [6.45, 7) is 6.99. The van der Waals surface area contributed by atoms with Crippen LogP contribution in [0.4, 0.5) is 9.93 Å². The summed E-state index contributed by atoms with van der Waals surface area (Å²) in [5.41, 5.74) is -0.0237. The molecule has 0 unspecified atom stereocenters. The number of hydrogen-bond donors (Lipinski definition) is 3. The first-order valence-corrected chi connectivity index (χ1v) is 9.49. The predicted octanol–water partition coefficient (Wildman–Crippen LogP) is 3.48. The Morgan fingerprint density at radius 1 is 1.18 bits per heavy atom. The summed E-state index contributed by atoms with van der Waals surface area (Å²) in [6.07, 6.45) is -0.721. The highest BCUT2D eigenvalue weighted by molar-refractivity contribution is 7.14. The van der Waals surface area contributed by atoms with Crippen LogP contribution in [-0.2, 0) is 9.53 Å². The van der Waals surface area contributed by atoms with E-state index in [-0.39, 0.29) is 16.7 Å². The summed E-state index contributed by atoms with van der Waals surface area (Å²) in [7, 11) is 0. The lowest BCUT2D eigenvalue weighted by atomic mass is 9.93. The maximum Gasteiger partial charge on any atom is 0.408 e. The third-order valence-electron chi connectivity index (χ3n) is 3.73. The number of nitrogens with one attached hydrogen (secondary N) is 2. The molecule has 0 saturated carbocycles. The number of thiazole rings is 1. The summed E-state index contributed by atoms with van der Waals surface area (Å²) in [6, 6.07) is 8.30. The van der Waals surface area contributed by atoms with Gasteiger partial charge in [0.05, 0.1) is 0 Å². The number of ether oxygens (including phenoxy) is 1. The van der Waals surface area contributed by atoms with Crippen molar-refractivity contribution in [3.05, 3.63) is 47.0 Å². The van der Waals surface area contributed by atoms with E-state index < -0.39 is 29.6 Å². The number of carboxylic acid groups (broad SMARTS) is 1. The predicted molar refractivity (Wildman–Crippen MR) is 106 cm³/mol. The van der Waals surface area contributed by atoms with Gasteiger partial charge in [0.15, 0.2) is 10.8 Å². The van der Waals surface area contributed by atoms with Crippen molar-refractivity contribution in [2.45, 2.75) is 45.3 Å². The van der Waals surface area contributed by atoms with Crippen LogP contribution in [0.5, 0.6) is 0 Å². The highest BCUT2D eigenvalue weighted by Gasteiger charge is 2.30. The molecule has 0 aliphatic heterocycles. The molecule has 1 aromatic heterocycles. The lowest BCUT2D eigenvalue weighted by Crippen LogP contribution is -2.48. The van der Waals surface area contributed by atoms with Crippen molar-refractivity contribution >= 4 is 34.4 Å². The van der Waals surface area contributed by atoms with Gasteiger partial charge in [-0.1, -0.05) is 37.3 Å². The molecule has 1 aromatic carbocycles. The SMILES string of the molecule is C[C@@H](c1ccccc1)[C@H](NC(=O)OC(C)(C)C)C(=O)Nc1nc(C(=O)O)cs1. The minimum Gasteiger partial charge on any atom is -0.476 e. The molecule has 0 radical (unpaired) electrons. The third kappa shape index (κ3) is 6.05. The minimum absolute atomic E-state index is 0.138. The van der Waals surface area contributed by atoms with Gasteiger partial charge in [-0.2, -0.15) is 0 Å². The first kappa shape index (κ1) is 21.4. The number of carboxylic acids is 1. The summed E-state index contributed by atoms with van der Waals surface area (Å²) >= 11 is 0.992. The number of amides is 2. The van der Waals surface area contributed by atoms with Gasteiger partial charge in [-0.3, -0.25) is 4.79 Å². The zero-order chi connectivity index (χ0) is 20.9. The summed E-state index contributed by atoms with van der Waals surface area (Å²) in [4.78, 5) is 39.9. The highest BCUT2D eigenvalue weighted by atomic mass is 32.1. The monoisotopic (exact) mass is 405 g/mol. The second-order valence-corrected chi connectivity index (χ2v) is 8.01. The molecule has 1 heterocycles. The highest BCUT2D eigenvalue weighted by Crippen LogP contribution is 2.22. The van der Waals surface area contributed by atoms with E-state index in [9.17, 15) is 14.4 Å². The van der Waals surface area contributed by atoms with Crippen LogP contribution in [-0.4, -0.2) is 39.7 Å². The molecule has 0 saturated heterocycles. The summed E-state index contributed by atoms with van der Waals surface area (Å²) in [5, 5.41) is 15.6. The second kappa shape index (κ2) is 8.83. The number of aromatic nitrogens is 1. The smallest absolute Gasteiger partial charge is 0.408 e. The second-order valence-electron chi connectivity index (χ2n) is 7.16. The van der Waals surface area contributed by atoms with E-state index in [0.29, 0.717) is 0 Å². The van der Waals surface area contributed by atoms with Crippen molar-refractivity contribution in [2.75, 3.05) is 5.32 Å². The normalized spacial score (nSPS) is 13.3. The van der Waals surface area contributed by atoms with Crippen LogP contribution in [0.2, 0.25) is 0 Å². The molecular formula is C19H23N3O5S.